The Balaban J connectivity index is 1.51. The SMILES string of the molecule is O[C@@H]1CCC[C@H]1NCCCC1CCCC1. The highest BCUT2D eigenvalue weighted by Crippen LogP contribution is 2.28. The highest BCUT2D eigenvalue weighted by Gasteiger charge is 2.24. The molecule has 2 N–H and O–H groups in total. The van der Waals surface area contributed by atoms with E-state index in [9.17, 15) is 5.11 Å². The number of rotatable bonds is 5. The van der Waals surface area contributed by atoms with Crippen LogP contribution in [-0.4, -0.2) is 23.8 Å². The van der Waals surface area contributed by atoms with Crippen LogP contribution in [0, 0.1) is 5.92 Å². The first-order valence-electron chi connectivity index (χ1n) is 6.78. The van der Waals surface area contributed by atoms with E-state index in [0.29, 0.717) is 6.04 Å². The summed E-state index contributed by atoms with van der Waals surface area (Å²) in [7, 11) is 0. The quantitative estimate of drug-likeness (QED) is 0.685. The first-order valence-corrected chi connectivity index (χ1v) is 6.78. The molecule has 0 amide bonds. The van der Waals surface area contributed by atoms with Crippen LogP contribution in [0.1, 0.15) is 57.8 Å². The van der Waals surface area contributed by atoms with E-state index >= 15 is 0 Å². The molecule has 0 aromatic rings. The molecular formula is C13H25NO. The maximum atomic E-state index is 9.64. The fraction of sp³-hybridized carbons (Fsp3) is 1.00. The molecule has 2 fully saturated rings. The molecule has 0 spiro atoms. The topological polar surface area (TPSA) is 32.3 Å². The monoisotopic (exact) mass is 211 g/mol. The predicted molar refractivity (Wildman–Crippen MR) is 62.8 cm³/mol. The molecule has 2 rings (SSSR count). The summed E-state index contributed by atoms with van der Waals surface area (Å²) in [5.74, 6) is 1.01. The van der Waals surface area contributed by atoms with Gasteiger partial charge < -0.3 is 10.4 Å². The van der Waals surface area contributed by atoms with Gasteiger partial charge in [-0.1, -0.05) is 25.7 Å². The van der Waals surface area contributed by atoms with Gasteiger partial charge in [-0.3, -0.25) is 0 Å². The number of aliphatic hydroxyl groups excluding tert-OH is 1. The maximum absolute atomic E-state index is 9.64. The third-order valence-corrected chi connectivity index (χ3v) is 4.15. The standard InChI is InChI=1S/C13H25NO/c15-13-9-3-8-12(13)14-10-4-7-11-5-1-2-6-11/h11-15H,1-10H2/t12-,13-/m1/s1. The number of hydrogen-bond acceptors (Lipinski definition) is 2. The van der Waals surface area contributed by atoms with E-state index in [0.717, 1.165) is 18.9 Å². The maximum Gasteiger partial charge on any atom is 0.0693 e. The average molecular weight is 211 g/mol. The normalized spacial score (nSPS) is 32.6. The average Bonchev–Trinajstić information content (AvgIpc) is 2.85. The Hall–Kier alpha value is -0.0800. The minimum atomic E-state index is -0.0727. The van der Waals surface area contributed by atoms with Gasteiger partial charge in [0.05, 0.1) is 6.10 Å². The van der Waals surface area contributed by atoms with Gasteiger partial charge in [-0.05, 0) is 44.6 Å². The fourth-order valence-electron chi connectivity index (χ4n) is 3.16. The van der Waals surface area contributed by atoms with E-state index in [1.807, 2.05) is 0 Å². The van der Waals surface area contributed by atoms with Crippen molar-refractivity contribution in [2.45, 2.75) is 69.9 Å². The van der Waals surface area contributed by atoms with Gasteiger partial charge in [0.25, 0.3) is 0 Å². The summed E-state index contributed by atoms with van der Waals surface area (Å²) in [5, 5.41) is 13.1. The summed E-state index contributed by atoms with van der Waals surface area (Å²) in [4.78, 5) is 0. The van der Waals surface area contributed by atoms with E-state index in [2.05, 4.69) is 5.32 Å². The zero-order valence-corrected chi connectivity index (χ0v) is 9.75. The lowest BCUT2D eigenvalue weighted by molar-refractivity contribution is 0.149. The van der Waals surface area contributed by atoms with Crippen LogP contribution in [0.25, 0.3) is 0 Å². The van der Waals surface area contributed by atoms with Crippen LogP contribution in [0.2, 0.25) is 0 Å². The Kier molecular flexibility index (Phi) is 4.45. The van der Waals surface area contributed by atoms with Gasteiger partial charge in [0, 0.05) is 6.04 Å². The summed E-state index contributed by atoms with van der Waals surface area (Å²) < 4.78 is 0. The zero-order chi connectivity index (χ0) is 10.5. The molecule has 0 radical (unpaired) electrons. The molecule has 2 aliphatic carbocycles. The Labute approximate surface area is 93.5 Å². The van der Waals surface area contributed by atoms with Gasteiger partial charge in [-0.15, -0.1) is 0 Å². The third-order valence-electron chi connectivity index (χ3n) is 4.15. The van der Waals surface area contributed by atoms with Crippen molar-refractivity contribution >= 4 is 0 Å². The van der Waals surface area contributed by atoms with Crippen molar-refractivity contribution in [3.05, 3.63) is 0 Å². The van der Waals surface area contributed by atoms with Crippen LogP contribution in [0.3, 0.4) is 0 Å². The molecule has 2 atom stereocenters. The van der Waals surface area contributed by atoms with Crippen molar-refractivity contribution in [2.24, 2.45) is 5.92 Å². The van der Waals surface area contributed by atoms with Crippen molar-refractivity contribution < 1.29 is 5.11 Å². The minimum Gasteiger partial charge on any atom is -0.392 e. The zero-order valence-electron chi connectivity index (χ0n) is 9.75. The molecular weight excluding hydrogens is 186 g/mol. The van der Waals surface area contributed by atoms with Crippen LogP contribution >= 0.6 is 0 Å². The van der Waals surface area contributed by atoms with Crippen LogP contribution < -0.4 is 5.32 Å². The molecule has 0 aromatic carbocycles. The molecule has 0 saturated heterocycles. The number of aliphatic hydroxyl groups is 1. The summed E-state index contributed by atoms with van der Waals surface area (Å²) >= 11 is 0. The van der Waals surface area contributed by atoms with Gasteiger partial charge in [-0.25, -0.2) is 0 Å². The lowest BCUT2D eigenvalue weighted by Crippen LogP contribution is -2.36. The Morgan fingerprint density at radius 3 is 2.47 bits per heavy atom. The third kappa shape index (κ3) is 3.46. The first kappa shape index (κ1) is 11.4. The van der Waals surface area contributed by atoms with Crippen molar-refractivity contribution in [1.29, 1.82) is 0 Å². The molecule has 2 aliphatic rings. The van der Waals surface area contributed by atoms with E-state index < -0.39 is 0 Å². The summed E-state index contributed by atoms with van der Waals surface area (Å²) in [6, 6.07) is 0.397. The number of nitrogens with one attached hydrogen (secondary N) is 1. The molecule has 2 heteroatoms. The van der Waals surface area contributed by atoms with E-state index in [-0.39, 0.29) is 6.10 Å². The van der Waals surface area contributed by atoms with Gasteiger partial charge in [0.15, 0.2) is 0 Å². The van der Waals surface area contributed by atoms with E-state index in [4.69, 9.17) is 0 Å². The molecule has 2 nitrogen and oxygen atoms in total. The summed E-state index contributed by atoms with van der Waals surface area (Å²) in [5.41, 5.74) is 0. The predicted octanol–water partition coefficient (Wildman–Crippen LogP) is 2.46. The molecule has 0 heterocycles. The second-order valence-corrected chi connectivity index (χ2v) is 5.35. The Bertz CT molecular complexity index is 177. The van der Waals surface area contributed by atoms with Gasteiger partial charge in [0.1, 0.15) is 0 Å². The Morgan fingerprint density at radius 1 is 1.00 bits per heavy atom. The molecule has 0 bridgehead atoms. The van der Waals surface area contributed by atoms with Crippen molar-refractivity contribution in [3.63, 3.8) is 0 Å². The highest BCUT2D eigenvalue weighted by molar-refractivity contribution is 4.82. The molecule has 15 heavy (non-hydrogen) atoms. The molecule has 2 saturated carbocycles. The van der Waals surface area contributed by atoms with Crippen molar-refractivity contribution in [3.8, 4) is 0 Å². The summed E-state index contributed by atoms with van der Waals surface area (Å²) in [6.45, 7) is 1.11. The smallest absolute Gasteiger partial charge is 0.0693 e. The highest BCUT2D eigenvalue weighted by atomic mass is 16.3. The van der Waals surface area contributed by atoms with Gasteiger partial charge in [-0.2, -0.15) is 0 Å². The summed E-state index contributed by atoms with van der Waals surface area (Å²) in [6.07, 6.45) is 11.8. The minimum absolute atomic E-state index is 0.0727. The second-order valence-electron chi connectivity index (χ2n) is 5.35. The van der Waals surface area contributed by atoms with Crippen molar-refractivity contribution in [2.75, 3.05) is 6.54 Å². The van der Waals surface area contributed by atoms with Crippen LogP contribution in [-0.2, 0) is 0 Å². The second kappa shape index (κ2) is 5.86. The Morgan fingerprint density at radius 2 is 1.80 bits per heavy atom. The molecule has 0 aromatic heterocycles. The van der Waals surface area contributed by atoms with Crippen LogP contribution in [0.4, 0.5) is 0 Å². The molecule has 88 valence electrons. The first-order chi connectivity index (χ1) is 7.36. The fourth-order valence-corrected chi connectivity index (χ4v) is 3.16. The molecule has 0 unspecified atom stereocenters. The van der Waals surface area contributed by atoms with Crippen LogP contribution in [0.15, 0.2) is 0 Å². The van der Waals surface area contributed by atoms with E-state index in [1.165, 1.54) is 51.4 Å². The lowest BCUT2D eigenvalue weighted by atomic mass is 10.0. The van der Waals surface area contributed by atoms with Crippen LogP contribution in [0.5, 0.6) is 0 Å². The van der Waals surface area contributed by atoms with Gasteiger partial charge in [0.2, 0.25) is 0 Å². The molecule has 0 aliphatic heterocycles. The lowest BCUT2D eigenvalue weighted by Gasteiger charge is -2.17. The number of hydrogen-bond donors (Lipinski definition) is 2. The largest absolute Gasteiger partial charge is 0.392 e. The van der Waals surface area contributed by atoms with Gasteiger partial charge >= 0.3 is 0 Å². The van der Waals surface area contributed by atoms with Crippen molar-refractivity contribution in [1.82, 2.24) is 5.32 Å². The van der Waals surface area contributed by atoms with E-state index in [1.54, 1.807) is 0 Å².